The average Bonchev–Trinajstić information content (AvgIpc) is 3.13. The van der Waals surface area contributed by atoms with E-state index in [1.807, 2.05) is 0 Å². The zero-order chi connectivity index (χ0) is 18.0. The van der Waals surface area contributed by atoms with Gasteiger partial charge in [0.15, 0.2) is 0 Å². The van der Waals surface area contributed by atoms with Crippen LogP contribution in [0.3, 0.4) is 0 Å². The summed E-state index contributed by atoms with van der Waals surface area (Å²) < 4.78 is 0. The summed E-state index contributed by atoms with van der Waals surface area (Å²) in [6.45, 7) is 5.63. The molecule has 2 aliphatic rings. The fourth-order valence-corrected chi connectivity index (χ4v) is 3.56. The molecule has 0 radical (unpaired) electrons. The Morgan fingerprint density at radius 1 is 1.40 bits per heavy atom. The first-order valence-corrected chi connectivity index (χ1v) is 8.73. The van der Waals surface area contributed by atoms with Crippen LogP contribution in [0.5, 0.6) is 0 Å². The number of nitrogens with zero attached hydrogens (tertiary/aromatic N) is 1. The average molecular weight is 344 g/mol. The first kappa shape index (κ1) is 17.4. The number of nitrogens with one attached hydrogen (secondary N) is 3. The van der Waals surface area contributed by atoms with Crippen LogP contribution < -0.4 is 16.0 Å². The van der Waals surface area contributed by atoms with Crippen LogP contribution in [0.25, 0.3) is 0 Å². The molecule has 7 nitrogen and oxygen atoms in total. The van der Waals surface area contributed by atoms with Crippen LogP contribution in [-0.4, -0.2) is 41.9 Å². The molecular weight excluding hydrogens is 320 g/mol. The Balaban J connectivity index is 1.75. The number of anilines is 1. The van der Waals surface area contributed by atoms with Crippen molar-refractivity contribution in [2.24, 2.45) is 0 Å². The molecule has 2 atom stereocenters. The second kappa shape index (κ2) is 6.84. The molecule has 0 aliphatic carbocycles. The molecule has 3 N–H and O–H groups in total. The van der Waals surface area contributed by atoms with Gasteiger partial charge >= 0.3 is 6.03 Å². The van der Waals surface area contributed by atoms with E-state index in [2.05, 4.69) is 27.8 Å². The normalized spacial score (nSPS) is 26.4. The molecule has 1 aromatic rings. The highest BCUT2D eigenvalue weighted by atomic mass is 16.2. The quantitative estimate of drug-likeness (QED) is 0.707. The Kier molecular flexibility index (Phi) is 4.76. The van der Waals surface area contributed by atoms with Gasteiger partial charge in [-0.25, -0.2) is 4.79 Å². The van der Waals surface area contributed by atoms with Crippen LogP contribution in [0, 0.1) is 0 Å². The minimum Gasteiger partial charge on any atom is -0.325 e. The maximum absolute atomic E-state index is 12.6. The van der Waals surface area contributed by atoms with E-state index in [0.29, 0.717) is 11.3 Å². The third-order valence-electron chi connectivity index (χ3n) is 4.93. The number of amides is 4. The van der Waals surface area contributed by atoms with Crippen molar-refractivity contribution in [3.63, 3.8) is 0 Å². The molecule has 0 bridgehead atoms. The predicted molar refractivity (Wildman–Crippen MR) is 94.0 cm³/mol. The molecule has 2 saturated heterocycles. The van der Waals surface area contributed by atoms with Gasteiger partial charge in [0.25, 0.3) is 5.91 Å². The van der Waals surface area contributed by atoms with E-state index in [4.69, 9.17) is 0 Å². The summed E-state index contributed by atoms with van der Waals surface area (Å²) in [6, 6.07) is 6.45. The number of carbonyl (C=O) groups excluding carboxylic acids is 3. The van der Waals surface area contributed by atoms with E-state index in [-0.39, 0.29) is 11.9 Å². The maximum atomic E-state index is 12.6. The largest absolute Gasteiger partial charge is 0.325 e. The molecular formula is C18H24N4O3. The molecule has 2 fully saturated rings. The Morgan fingerprint density at radius 3 is 2.88 bits per heavy atom. The lowest BCUT2D eigenvalue weighted by atomic mass is 9.92. The first-order chi connectivity index (χ1) is 11.9. The second-order valence-corrected chi connectivity index (χ2v) is 6.80. The predicted octanol–water partition coefficient (Wildman–Crippen LogP) is 1.55. The SMILES string of the molecule is CCCN1CCC[C@H]1C(=O)Nc1cccc([C@@]2(C)NC(=O)NC2=O)c1. The van der Waals surface area contributed by atoms with Gasteiger partial charge in [-0.3, -0.25) is 19.8 Å². The van der Waals surface area contributed by atoms with Crippen molar-refractivity contribution in [3.05, 3.63) is 29.8 Å². The lowest BCUT2D eigenvalue weighted by molar-refractivity contribution is -0.123. The summed E-state index contributed by atoms with van der Waals surface area (Å²) >= 11 is 0. The minimum absolute atomic E-state index is 0.0202. The van der Waals surface area contributed by atoms with E-state index in [1.54, 1.807) is 31.2 Å². The third kappa shape index (κ3) is 3.37. The summed E-state index contributed by atoms with van der Waals surface area (Å²) in [6.07, 6.45) is 2.91. The molecule has 1 aromatic carbocycles. The summed E-state index contributed by atoms with van der Waals surface area (Å²) in [7, 11) is 0. The van der Waals surface area contributed by atoms with Crippen LogP contribution in [0.2, 0.25) is 0 Å². The number of rotatable bonds is 5. The Morgan fingerprint density at radius 2 is 2.20 bits per heavy atom. The monoisotopic (exact) mass is 344 g/mol. The summed E-state index contributed by atoms with van der Waals surface area (Å²) in [5.74, 6) is -0.418. The molecule has 3 rings (SSSR count). The van der Waals surface area contributed by atoms with E-state index in [9.17, 15) is 14.4 Å². The molecule has 134 valence electrons. The number of benzene rings is 1. The number of imide groups is 1. The van der Waals surface area contributed by atoms with Crippen LogP contribution >= 0.6 is 0 Å². The standard InChI is InChI=1S/C18H24N4O3/c1-3-9-22-10-5-8-14(22)15(23)19-13-7-4-6-12(11-13)18(2)16(24)20-17(25)21-18/h4,6-7,11,14H,3,5,8-10H2,1-2H3,(H,19,23)(H2,20,21,24,25)/t14-,18+/m0/s1. The number of hydrogen-bond acceptors (Lipinski definition) is 4. The van der Waals surface area contributed by atoms with Gasteiger partial charge < -0.3 is 10.6 Å². The van der Waals surface area contributed by atoms with Gasteiger partial charge in [0.05, 0.1) is 6.04 Å². The van der Waals surface area contributed by atoms with Gasteiger partial charge in [0.1, 0.15) is 5.54 Å². The number of urea groups is 1. The highest BCUT2D eigenvalue weighted by molar-refractivity contribution is 6.07. The van der Waals surface area contributed by atoms with Crippen LogP contribution in [-0.2, 0) is 15.1 Å². The molecule has 0 saturated carbocycles. The van der Waals surface area contributed by atoms with Crippen LogP contribution in [0.4, 0.5) is 10.5 Å². The summed E-state index contributed by atoms with van der Waals surface area (Å²) in [5, 5.41) is 7.84. The smallest absolute Gasteiger partial charge is 0.322 e. The highest BCUT2D eigenvalue weighted by Gasteiger charge is 2.43. The van der Waals surface area contributed by atoms with Gasteiger partial charge in [-0.05, 0) is 57.0 Å². The molecule has 2 aliphatic heterocycles. The molecule has 0 unspecified atom stereocenters. The van der Waals surface area contributed by atoms with Gasteiger partial charge in [0, 0.05) is 5.69 Å². The Labute approximate surface area is 147 Å². The van der Waals surface area contributed by atoms with E-state index in [1.165, 1.54) is 0 Å². The molecule has 7 heteroatoms. The molecule has 0 spiro atoms. The fourth-order valence-electron chi connectivity index (χ4n) is 3.56. The zero-order valence-corrected chi connectivity index (χ0v) is 14.6. The van der Waals surface area contributed by atoms with E-state index < -0.39 is 17.5 Å². The van der Waals surface area contributed by atoms with Crippen molar-refractivity contribution in [2.45, 2.75) is 44.7 Å². The van der Waals surface area contributed by atoms with Crippen LogP contribution in [0.15, 0.2) is 24.3 Å². The molecule has 25 heavy (non-hydrogen) atoms. The fraction of sp³-hybridized carbons (Fsp3) is 0.500. The number of likely N-dealkylation sites (tertiary alicyclic amines) is 1. The topological polar surface area (TPSA) is 90.5 Å². The molecule has 2 heterocycles. The number of carbonyl (C=O) groups is 3. The minimum atomic E-state index is -1.13. The van der Waals surface area contributed by atoms with Crippen molar-refractivity contribution in [3.8, 4) is 0 Å². The third-order valence-corrected chi connectivity index (χ3v) is 4.93. The molecule has 0 aromatic heterocycles. The van der Waals surface area contributed by atoms with Crippen molar-refractivity contribution >= 4 is 23.5 Å². The highest BCUT2D eigenvalue weighted by Crippen LogP contribution is 2.27. The lowest BCUT2D eigenvalue weighted by Gasteiger charge is -2.24. The first-order valence-electron chi connectivity index (χ1n) is 8.73. The van der Waals surface area contributed by atoms with E-state index >= 15 is 0 Å². The Hall–Kier alpha value is -2.41. The van der Waals surface area contributed by atoms with Crippen molar-refractivity contribution in [1.82, 2.24) is 15.5 Å². The van der Waals surface area contributed by atoms with Crippen molar-refractivity contribution in [1.29, 1.82) is 0 Å². The van der Waals surface area contributed by atoms with Gasteiger partial charge in [-0.15, -0.1) is 0 Å². The lowest BCUT2D eigenvalue weighted by Crippen LogP contribution is -2.41. The van der Waals surface area contributed by atoms with Gasteiger partial charge in [0.2, 0.25) is 5.91 Å². The van der Waals surface area contributed by atoms with Crippen molar-refractivity contribution in [2.75, 3.05) is 18.4 Å². The van der Waals surface area contributed by atoms with Gasteiger partial charge in [-0.2, -0.15) is 0 Å². The summed E-state index contributed by atoms with van der Waals surface area (Å²) in [4.78, 5) is 38.4. The van der Waals surface area contributed by atoms with E-state index in [0.717, 1.165) is 32.4 Å². The van der Waals surface area contributed by atoms with Crippen molar-refractivity contribution < 1.29 is 14.4 Å². The van der Waals surface area contributed by atoms with Crippen LogP contribution in [0.1, 0.15) is 38.7 Å². The maximum Gasteiger partial charge on any atom is 0.322 e. The second-order valence-electron chi connectivity index (χ2n) is 6.80. The zero-order valence-electron chi connectivity index (χ0n) is 14.6. The summed E-state index contributed by atoms with van der Waals surface area (Å²) in [5.41, 5.74) is 0.130. The van der Waals surface area contributed by atoms with Gasteiger partial charge in [-0.1, -0.05) is 19.1 Å². The number of hydrogen-bond donors (Lipinski definition) is 3. The Bertz CT molecular complexity index is 705. The molecule has 4 amide bonds.